The van der Waals surface area contributed by atoms with Gasteiger partial charge < -0.3 is 16.5 Å². The van der Waals surface area contributed by atoms with Gasteiger partial charge in [0.25, 0.3) is 0 Å². The van der Waals surface area contributed by atoms with Crippen LogP contribution >= 0.6 is 0 Å². The minimum Gasteiger partial charge on any atom is -0.397 e. The topological polar surface area (TPSA) is 67.8 Å². The summed E-state index contributed by atoms with van der Waals surface area (Å²) in [6, 6.07) is 73.2. The maximum atomic E-state index is 7.03. The van der Waals surface area contributed by atoms with Gasteiger partial charge in [0.2, 0.25) is 0 Å². The third-order valence-corrected chi connectivity index (χ3v) is 11.2. The Labute approximate surface area is 332 Å². The van der Waals surface area contributed by atoms with Gasteiger partial charge in [-0.2, -0.15) is 0 Å². The van der Waals surface area contributed by atoms with Crippen LogP contribution < -0.4 is 11.5 Å². The SMILES string of the molecule is Nc1cccc(-c2cc(-c3ccccc3)c(-c3ccccc3)c(-c3ccccc3)c2-c2ccccc2-c2c(-c3ccccc3)ccc3c2[nH]c2ccccc23)c1N. The largest absolute Gasteiger partial charge is 0.397 e. The van der Waals surface area contributed by atoms with Gasteiger partial charge in [-0.3, -0.25) is 0 Å². The van der Waals surface area contributed by atoms with Crippen LogP contribution in [0.2, 0.25) is 0 Å². The number of H-pyrrole nitrogens is 1. The molecule has 270 valence electrons. The van der Waals surface area contributed by atoms with Gasteiger partial charge in [0, 0.05) is 27.4 Å². The van der Waals surface area contributed by atoms with E-state index in [1.165, 1.54) is 10.8 Å². The van der Waals surface area contributed by atoms with E-state index in [-0.39, 0.29) is 0 Å². The van der Waals surface area contributed by atoms with Gasteiger partial charge in [-0.1, -0.05) is 188 Å². The quantitative estimate of drug-likeness (QED) is 0.143. The van der Waals surface area contributed by atoms with Crippen LogP contribution in [0.25, 0.3) is 99.7 Å². The van der Waals surface area contributed by atoms with E-state index in [9.17, 15) is 0 Å². The molecule has 0 bridgehead atoms. The van der Waals surface area contributed by atoms with Crippen molar-refractivity contribution in [3.63, 3.8) is 0 Å². The summed E-state index contributed by atoms with van der Waals surface area (Å²) in [5, 5.41) is 2.38. The van der Waals surface area contributed by atoms with Gasteiger partial charge in [-0.05, 0) is 85.0 Å². The van der Waals surface area contributed by atoms with Gasteiger partial charge in [-0.15, -0.1) is 0 Å². The van der Waals surface area contributed by atoms with Crippen molar-refractivity contribution in [2.45, 2.75) is 0 Å². The number of hydrogen-bond acceptors (Lipinski definition) is 2. The molecule has 5 N–H and O–H groups in total. The van der Waals surface area contributed by atoms with E-state index in [2.05, 4.69) is 199 Å². The number of fused-ring (bicyclic) bond motifs is 3. The van der Waals surface area contributed by atoms with E-state index in [1.54, 1.807) is 0 Å². The number of nitrogen functional groups attached to an aromatic ring is 2. The first kappa shape index (κ1) is 33.9. The maximum Gasteiger partial charge on any atom is 0.0627 e. The molecule has 57 heavy (non-hydrogen) atoms. The van der Waals surface area contributed by atoms with Gasteiger partial charge in [0.15, 0.2) is 0 Å². The average molecular weight is 730 g/mol. The number of benzene rings is 9. The van der Waals surface area contributed by atoms with Crippen molar-refractivity contribution in [1.82, 2.24) is 4.98 Å². The Morgan fingerprint density at radius 3 is 1.46 bits per heavy atom. The van der Waals surface area contributed by atoms with Crippen molar-refractivity contribution in [2.75, 3.05) is 11.5 Å². The van der Waals surface area contributed by atoms with Crippen molar-refractivity contribution >= 4 is 33.2 Å². The number of rotatable bonds is 7. The van der Waals surface area contributed by atoms with Crippen molar-refractivity contribution < 1.29 is 0 Å². The highest BCUT2D eigenvalue weighted by atomic mass is 14.7. The monoisotopic (exact) mass is 729 g/mol. The molecule has 0 unspecified atom stereocenters. The van der Waals surface area contributed by atoms with Crippen LogP contribution in [-0.2, 0) is 0 Å². The normalized spacial score (nSPS) is 11.3. The van der Waals surface area contributed by atoms with E-state index in [0.29, 0.717) is 11.4 Å². The number of nitrogens with one attached hydrogen (secondary N) is 1. The first-order chi connectivity index (χ1) is 28.2. The zero-order valence-electron chi connectivity index (χ0n) is 31.3. The Balaban J connectivity index is 1.42. The highest BCUT2D eigenvalue weighted by Gasteiger charge is 2.27. The molecule has 3 heteroatoms. The summed E-state index contributed by atoms with van der Waals surface area (Å²) in [5.41, 5.74) is 32.3. The third kappa shape index (κ3) is 5.85. The predicted molar refractivity (Wildman–Crippen MR) is 243 cm³/mol. The first-order valence-corrected chi connectivity index (χ1v) is 19.4. The van der Waals surface area contributed by atoms with Crippen molar-refractivity contribution in [2.24, 2.45) is 0 Å². The molecule has 1 aromatic heterocycles. The lowest BCUT2D eigenvalue weighted by Crippen LogP contribution is -2.02. The Hall–Kier alpha value is -7.62. The Bertz CT molecular complexity index is 3060. The minimum atomic E-state index is 0.551. The van der Waals surface area contributed by atoms with Gasteiger partial charge in [0.05, 0.1) is 16.9 Å². The molecule has 0 fully saturated rings. The molecule has 10 rings (SSSR count). The van der Waals surface area contributed by atoms with E-state index < -0.39 is 0 Å². The summed E-state index contributed by atoms with van der Waals surface area (Å²) in [6.07, 6.45) is 0. The predicted octanol–water partition coefficient (Wildman–Crippen LogP) is 14.2. The Kier molecular flexibility index (Phi) is 8.46. The van der Waals surface area contributed by atoms with Crippen LogP contribution in [0.1, 0.15) is 0 Å². The summed E-state index contributed by atoms with van der Waals surface area (Å²) < 4.78 is 0. The van der Waals surface area contributed by atoms with Gasteiger partial charge in [0.1, 0.15) is 0 Å². The molecule has 3 nitrogen and oxygen atoms in total. The van der Waals surface area contributed by atoms with Gasteiger partial charge in [-0.25, -0.2) is 0 Å². The molecular weight excluding hydrogens is 691 g/mol. The van der Waals surface area contributed by atoms with Crippen LogP contribution in [0.5, 0.6) is 0 Å². The smallest absolute Gasteiger partial charge is 0.0627 e. The van der Waals surface area contributed by atoms with Crippen LogP contribution in [0, 0.1) is 0 Å². The first-order valence-electron chi connectivity index (χ1n) is 19.4. The zero-order chi connectivity index (χ0) is 38.3. The fourth-order valence-corrected chi connectivity index (χ4v) is 8.61. The molecule has 10 aromatic rings. The lowest BCUT2D eigenvalue weighted by atomic mass is 9.77. The van der Waals surface area contributed by atoms with Crippen molar-refractivity contribution in [3.05, 3.63) is 206 Å². The van der Waals surface area contributed by atoms with Crippen LogP contribution in [-0.4, -0.2) is 4.98 Å². The number of anilines is 2. The summed E-state index contributed by atoms with van der Waals surface area (Å²) in [5.74, 6) is 0. The average Bonchev–Trinajstić information content (AvgIpc) is 3.66. The van der Waals surface area contributed by atoms with Crippen LogP contribution in [0.15, 0.2) is 206 Å². The molecule has 9 aromatic carbocycles. The maximum absolute atomic E-state index is 7.03. The second-order valence-corrected chi connectivity index (χ2v) is 14.5. The summed E-state index contributed by atoms with van der Waals surface area (Å²) in [6.45, 7) is 0. The highest BCUT2D eigenvalue weighted by Crippen LogP contribution is 2.54. The van der Waals surface area contributed by atoms with Gasteiger partial charge >= 0.3 is 0 Å². The van der Waals surface area contributed by atoms with Crippen LogP contribution in [0.4, 0.5) is 11.4 Å². The molecule has 0 saturated carbocycles. The number of aromatic amines is 1. The fraction of sp³-hybridized carbons (Fsp3) is 0. The summed E-state index contributed by atoms with van der Waals surface area (Å²) in [7, 11) is 0. The Morgan fingerprint density at radius 1 is 0.298 bits per heavy atom. The van der Waals surface area contributed by atoms with E-state index in [1.807, 2.05) is 12.1 Å². The fourth-order valence-electron chi connectivity index (χ4n) is 8.61. The van der Waals surface area contributed by atoms with E-state index >= 15 is 0 Å². The molecule has 0 radical (unpaired) electrons. The number of aromatic nitrogens is 1. The molecule has 0 atom stereocenters. The molecule has 0 saturated heterocycles. The molecule has 0 amide bonds. The second-order valence-electron chi connectivity index (χ2n) is 14.5. The molecule has 0 aliphatic carbocycles. The molecule has 0 aliphatic heterocycles. The number of nitrogens with two attached hydrogens (primary N) is 2. The molecule has 0 spiro atoms. The minimum absolute atomic E-state index is 0.551. The standard InChI is InChI=1S/C54H39N3/c55-47-30-17-29-43(53(47)56)46-34-45(36-20-7-2-8-21-36)49(37-22-9-3-10-23-37)50(38-24-11-4-12-25-38)51(46)41-27-13-14-28-42(41)52-39(35-18-5-1-6-19-35)32-33-44-40-26-15-16-31-48(40)57-54(44)52/h1-34,57H,55-56H2. The number of hydrogen-bond donors (Lipinski definition) is 3. The summed E-state index contributed by atoms with van der Waals surface area (Å²) in [4.78, 5) is 3.87. The lowest BCUT2D eigenvalue weighted by molar-refractivity contribution is 1.51. The molecule has 1 heterocycles. The molecule has 0 aliphatic rings. The van der Waals surface area contributed by atoms with Crippen molar-refractivity contribution in [1.29, 1.82) is 0 Å². The van der Waals surface area contributed by atoms with E-state index in [4.69, 9.17) is 11.5 Å². The summed E-state index contributed by atoms with van der Waals surface area (Å²) >= 11 is 0. The second kappa shape index (κ2) is 14.2. The highest BCUT2D eigenvalue weighted by molar-refractivity contribution is 6.18. The van der Waals surface area contributed by atoms with Crippen molar-refractivity contribution in [3.8, 4) is 77.9 Å². The van der Waals surface area contributed by atoms with E-state index in [0.717, 1.165) is 88.9 Å². The Morgan fingerprint density at radius 2 is 0.807 bits per heavy atom. The zero-order valence-corrected chi connectivity index (χ0v) is 31.3. The number of para-hydroxylation sites is 2. The lowest BCUT2D eigenvalue weighted by Gasteiger charge is -2.26. The molecular formula is C54H39N3. The van der Waals surface area contributed by atoms with Crippen LogP contribution in [0.3, 0.4) is 0 Å². The third-order valence-electron chi connectivity index (χ3n) is 11.2.